The minimum absolute atomic E-state index is 0.00727. The summed E-state index contributed by atoms with van der Waals surface area (Å²) in [5.74, 6) is 0.279. The minimum atomic E-state index is -0.354. The van der Waals surface area contributed by atoms with Crippen molar-refractivity contribution in [3.05, 3.63) is 62.4 Å². The third-order valence-electron chi connectivity index (χ3n) is 5.73. The molecule has 0 radical (unpaired) electrons. The third-order valence-corrected chi connectivity index (χ3v) is 5.73. The predicted octanol–water partition coefficient (Wildman–Crippen LogP) is 1.73. The molecule has 0 spiro atoms. The van der Waals surface area contributed by atoms with Gasteiger partial charge in [0.2, 0.25) is 0 Å². The van der Waals surface area contributed by atoms with Crippen molar-refractivity contribution >= 4 is 5.91 Å². The number of aromatic amines is 1. The molecule has 8 nitrogen and oxygen atoms in total. The van der Waals surface area contributed by atoms with Gasteiger partial charge in [0, 0.05) is 17.3 Å². The Bertz CT molecular complexity index is 976. The van der Waals surface area contributed by atoms with Gasteiger partial charge in [-0.25, -0.2) is 10.2 Å². The summed E-state index contributed by atoms with van der Waals surface area (Å²) in [6, 6.07) is 8.77. The van der Waals surface area contributed by atoms with Crippen LogP contribution >= 0.6 is 0 Å². The first-order valence-electron chi connectivity index (χ1n) is 10.2. The summed E-state index contributed by atoms with van der Waals surface area (Å²) in [5, 5.41) is 0. The maximum Gasteiger partial charge on any atom is 0.328 e. The average molecular weight is 398 g/mol. The highest BCUT2D eigenvalue weighted by molar-refractivity contribution is 5.77. The molecule has 2 aromatic rings. The van der Waals surface area contributed by atoms with Gasteiger partial charge in [-0.05, 0) is 37.8 Å². The van der Waals surface area contributed by atoms with Crippen molar-refractivity contribution in [3.63, 3.8) is 0 Å². The molecular weight excluding hydrogens is 372 g/mol. The highest BCUT2D eigenvalue weighted by atomic mass is 16.5. The molecule has 2 aliphatic rings. The Morgan fingerprint density at radius 1 is 1.10 bits per heavy atom. The lowest BCUT2D eigenvalue weighted by atomic mass is 9.95. The van der Waals surface area contributed by atoms with Gasteiger partial charge >= 0.3 is 5.69 Å². The predicted molar refractivity (Wildman–Crippen MR) is 108 cm³/mol. The minimum Gasteiger partial charge on any atom is -0.484 e. The monoisotopic (exact) mass is 398 g/mol. The lowest BCUT2D eigenvalue weighted by Crippen LogP contribution is -2.44. The average Bonchev–Trinajstić information content (AvgIpc) is 3.15. The van der Waals surface area contributed by atoms with Gasteiger partial charge in [-0.2, -0.15) is 0 Å². The molecule has 1 atom stereocenters. The van der Waals surface area contributed by atoms with Crippen LogP contribution in [0.1, 0.15) is 61.9 Å². The van der Waals surface area contributed by atoms with E-state index in [1.165, 1.54) is 4.57 Å². The number of carbonyl (C=O) groups is 1. The number of aromatic nitrogens is 2. The number of nitrogens with zero attached hydrogens (tertiary/aromatic N) is 1. The molecule has 1 unspecified atom stereocenters. The first-order chi connectivity index (χ1) is 14.1. The Balaban J connectivity index is 1.40. The van der Waals surface area contributed by atoms with Crippen LogP contribution in [0.25, 0.3) is 0 Å². The van der Waals surface area contributed by atoms with Crippen molar-refractivity contribution in [3.8, 4) is 5.75 Å². The first kappa shape index (κ1) is 19.4. The summed E-state index contributed by atoms with van der Waals surface area (Å²) in [6.45, 7) is -0.129. The van der Waals surface area contributed by atoms with Crippen LogP contribution in [0.3, 0.4) is 0 Å². The van der Waals surface area contributed by atoms with E-state index in [4.69, 9.17) is 4.74 Å². The van der Waals surface area contributed by atoms with E-state index in [0.717, 1.165) is 32.1 Å². The summed E-state index contributed by atoms with van der Waals surface area (Å²) in [7, 11) is 0. The van der Waals surface area contributed by atoms with Crippen LogP contribution in [0.15, 0.2) is 39.9 Å². The van der Waals surface area contributed by atoms with Crippen LogP contribution in [0.4, 0.5) is 0 Å². The van der Waals surface area contributed by atoms with E-state index in [1.807, 2.05) is 18.2 Å². The number of para-hydroxylation sites is 1. The number of nitrogens with one attached hydrogen (secondary N) is 3. The molecule has 0 bridgehead atoms. The number of carbonyl (C=O) groups excluding carboxylic acids is 1. The fraction of sp³-hybridized carbons (Fsp3) is 0.476. The second-order valence-corrected chi connectivity index (χ2v) is 7.67. The van der Waals surface area contributed by atoms with Crippen molar-refractivity contribution < 1.29 is 9.53 Å². The van der Waals surface area contributed by atoms with Crippen molar-refractivity contribution in [1.82, 2.24) is 20.4 Å². The first-order valence-corrected chi connectivity index (χ1v) is 10.2. The lowest BCUT2D eigenvalue weighted by Gasteiger charge is -2.23. The Morgan fingerprint density at radius 2 is 1.86 bits per heavy atom. The quantitative estimate of drug-likeness (QED) is 0.643. The van der Waals surface area contributed by atoms with Crippen molar-refractivity contribution in [2.24, 2.45) is 0 Å². The molecule has 1 fully saturated rings. The second kappa shape index (κ2) is 8.65. The van der Waals surface area contributed by atoms with Crippen LogP contribution in [0.2, 0.25) is 0 Å². The van der Waals surface area contributed by atoms with E-state index in [-0.39, 0.29) is 35.8 Å². The molecule has 154 valence electrons. The number of fused-ring (bicyclic) bond motifs is 1. The third kappa shape index (κ3) is 4.27. The number of amides is 1. The van der Waals surface area contributed by atoms with Crippen LogP contribution in [0.5, 0.6) is 5.75 Å². The number of hydrogen-bond donors (Lipinski definition) is 3. The SMILES string of the molecule is O=C(COc1ccccc1)NNC1CCc2c1[nH]c(=O)n(C1CCCCC1)c2=O. The highest BCUT2D eigenvalue weighted by Crippen LogP contribution is 2.28. The molecule has 1 saturated carbocycles. The molecule has 0 aliphatic heterocycles. The van der Waals surface area contributed by atoms with Gasteiger partial charge in [-0.15, -0.1) is 0 Å². The zero-order valence-electron chi connectivity index (χ0n) is 16.3. The van der Waals surface area contributed by atoms with Gasteiger partial charge in [0.25, 0.3) is 11.5 Å². The van der Waals surface area contributed by atoms with E-state index in [1.54, 1.807) is 12.1 Å². The van der Waals surface area contributed by atoms with Gasteiger partial charge in [0.15, 0.2) is 6.61 Å². The molecule has 1 aromatic carbocycles. The van der Waals surface area contributed by atoms with Gasteiger partial charge < -0.3 is 9.72 Å². The molecule has 4 rings (SSSR count). The zero-order chi connectivity index (χ0) is 20.2. The summed E-state index contributed by atoms with van der Waals surface area (Å²) < 4.78 is 6.82. The molecule has 29 heavy (non-hydrogen) atoms. The molecule has 3 N–H and O–H groups in total. The van der Waals surface area contributed by atoms with Crippen LogP contribution in [0, 0.1) is 0 Å². The molecule has 8 heteroatoms. The Morgan fingerprint density at radius 3 is 2.62 bits per heavy atom. The number of benzene rings is 1. The molecule has 1 aromatic heterocycles. The van der Waals surface area contributed by atoms with Gasteiger partial charge in [0.1, 0.15) is 5.75 Å². The number of H-pyrrole nitrogens is 1. The zero-order valence-corrected chi connectivity index (χ0v) is 16.3. The second-order valence-electron chi connectivity index (χ2n) is 7.67. The van der Waals surface area contributed by atoms with Crippen LogP contribution < -0.4 is 26.8 Å². The van der Waals surface area contributed by atoms with E-state index >= 15 is 0 Å². The Labute approximate surface area is 168 Å². The molecule has 1 amide bonds. The maximum atomic E-state index is 12.9. The van der Waals surface area contributed by atoms with Crippen molar-refractivity contribution in [1.29, 1.82) is 0 Å². The van der Waals surface area contributed by atoms with Gasteiger partial charge in [-0.1, -0.05) is 37.5 Å². The number of hydrogen-bond acceptors (Lipinski definition) is 5. The molecular formula is C21H26N4O4. The highest BCUT2D eigenvalue weighted by Gasteiger charge is 2.30. The van der Waals surface area contributed by atoms with Gasteiger partial charge in [0.05, 0.1) is 6.04 Å². The topological polar surface area (TPSA) is 105 Å². The maximum absolute atomic E-state index is 12.9. The number of hydrazine groups is 1. The Kier molecular flexibility index (Phi) is 5.80. The summed E-state index contributed by atoms with van der Waals surface area (Å²) in [5.41, 5.74) is 6.22. The van der Waals surface area contributed by atoms with Gasteiger partial charge in [-0.3, -0.25) is 19.6 Å². The van der Waals surface area contributed by atoms with E-state index in [0.29, 0.717) is 29.8 Å². The smallest absolute Gasteiger partial charge is 0.328 e. The largest absolute Gasteiger partial charge is 0.484 e. The number of ether oxygens (including phenoxy) is 1. The summed E-state index contributed by atoms with van der Waals surface area (Å²) >= 11 is 0. The van der Waals surface area contributed by atoms with E-state index in [9.17, 15) is 14.4 Å². The fourth-order valence-corrected chi connectivity index (χ4v) is 4.26. The van der Waals surface area contributed by atoms with Crippen molar-refractivity contribution in [2.45, 2.75) is 57.0 Å². The van der Waals surface area contributed by atoms with Crippen molar-refractivity contribution in [2.75, 3.05) is 6.61 Å². The van der Waals surface area contributed by atoms with E-state index in [2.05, 4.69) is 15.8 Å². The molecule has 0 saturated heterocycles. The summed E-state index contributed by atoms with van der Waals surface area (Å²) in [4.78, 5) is 40.5. The Hall–Kier alpha value is -2.87. The summed E-state index contributed by atoms with van der Waals surface area (Å²) in [6.07, 6.45) is 6.22. The lowest BCUT2D eigenvalue weighted by molar-refractivity contribution is -0.124. The van der Waals surface area contributed by atoms with Crippen LogP contribution in [-0.4, -0.2) is 22.1 Å². The molecule has 1 heterocycles. The molecule has 2 aliphatic carbocycles. The normalized spacial score (nSPS) is 19.0. The standard InChI is InChI=1S/C21H26N4O4/c26-18(13-29-15-9-5-2-6-10-15)24-23-17-12-11-16-19(17)22-21(28)25(20(16)27)14-7-3-1-4-8-14/h2,5-6,9-10,14,17,23H,1,3-4,7-8,11-13H2,(H,22,28)(H,24,26). The van der Waals surface area contributed by atoms with E-state index < -0.39 is 0 Å². The van der Waals surface area contributed by atoms with Crippen LogP contribution in [-0.2, 0) is 11.2 Å². The fourth-order valence-electron chi connectivity index (χ4n) is 4.26. The number of rotatable bonds is 6.